The molecule has 0 radical (unpaired) electrons. The van der Waals surface area contributed by atoms with E-state index in [1.165, 1.54) is 6.07 Å². The summed E-state index contributed by atoms with van der Waals surface area (Å²) in [6.07, 6.45) is 1.95. The molecule has 1 aliphatic heterocycles. The van der Waals surface area contributed by atoms with Crippen molar-refractivity contribution >= 4 is 11.7 Å². The number of carbonyl (C=O) groups is 1. The van der Waals surface area contributed by atoms with Crippen LogP contribution in [0.2, 0.25) is 0 Å². The molecule has 1 saturated heterocycles. The molecule has 1 aromatic heterocycles. The lowest BCUT2D eigenvalue weighted by atomic mass is 10.0. The van der Waals surface area contributed by atoms with E-state index >= 15 is 0 Å². The molecule has 6 heteroatoms. The number of aryl methyl sites for hydroxylation is 1. The third-order valence-electron chi connectivity index (χ3n) is 4.72. The minimum Gasteiger partial charge on any atom is -0.477 e. The molecule has 1 fully saturated rings. The van der Waals surface area contributed by atoms with Crippen LogP contribution in [0.15, 0.2) is 35.1 Å². The minimum absolute atomic E-state index is 0.208. The second-order valence-corrected chi connectivity index (χ2v) is 6.34. The zero-order valence-corrected chi connectivity index (χ0v) is 14.2. The van der Waals surface area contributed by atoms with Gasteiger partial charge in [-0.15, -0.1) is 0 Å². The van der Waals surface area contributed by atoms with Gasteiger partial charge in [-0.05, 0) is 48.6 Å². The van der Waals surface area contributed by atoms with E-state index in [-0.39, 0.29) is 11.7 Å². The van der Waals surface area contributed by atoms with Crippen molar-refractivity contribution in [3.8, 4) is 11.3 Å². The van der Waals surface area contributed by atoms with Crippen molar-refractivity contribution < 1.29 is 15.0 Å². The molecular formula is C19H22N2O4. The maximum Gasteiger partial charge on any atom is 0.341 e. The molecule has 3 rings (SSSR count). The Morgan fingerprint density at radius 3 is 2.44 bits per heavy atom. The second kappa shape index (κ2) is 7.11. The number of aliphatic hydroxyl groups excluding tert-OH is 1. The number of piperidine rings is 1. The molecule has 2 heterocycles. The van der Waals surface area contributed by atoms with E-state index in [1.807, 2.05) is 31.2 Å². The molecule has 1 aliphatic rings. The average molecular weight is 342 g/mol. The molecule has 0 unspecified atom stereocenters. The Kier molecular flexibility index (Phi) is 4.90. The van der Waals surface area contributed by atoms with Crippen molar-refractivity contribution in [1.82, 2.24) is 4.98 Å². The maximum atomic E-state index is 12.0. The second-order valence-electron chi connectivity index (χ2n) is 6.34. The van der Waals surface area contributed by atoms with Gasteiger partial charge in [0.25, 0.3) is 5.56 Å². The van der Waals surface area contributed by atoms with Crippen molar-refractivity contribution in [2.45, 2.75) is 32.3 Å². The average Bonchev–Trinajstić information content (AvgIpc) is 2.62. The van der Waals surface area contributed by atoms with Crippen LogP contribution in [0.1, 0.15) is 35.7 Å². The van der Waals surface area contributed by atoms with Crippen molar-refractivity contribution in [2.24, 2.45) is 0 Å². The number of rotatable bonds is 4. The molecule has 0 spiro atoms. The van der Waals surface area contributed by atoms with Gasteiger partial charge in [0.1, 0.15) is 5.56 Å². The van der Waals surface area contributed by atoms with Crippen molar-refractivity contribution in [1.29, 1.82) is 0 Å². The minimum atomic E-state index is -1.22. The largest absolute Gasteiger partial charge is 0.477 e. The fourth-order valence-corrected chi connectivity index (χ4v) is 3.23. The van der Waals surface area contributed by atoms with Gasteiger partial charge in [0.2, 0.25) is 0 Å². The summed E-state index contributed by atoms with van der Waals surface area (Å²) >= 11 is 0. The monoisotopic (exact) mass is 342 g/mol. The van der Waals surface area contributed by atoms with Crippen LogP contribution in [0.5, 0.6) is 0 Å². The number of anilines is 1. The highest BCUT2D eigenvalue weighted by Crippen LogP contribution is 2.26. The summed E-state index contributed by atoms with van der Waals surface area (Å²) in [5.74, 6) is -1.22. The summed E-state index contributed by atoms with van der Waals surface area (Å²) in [5, 5.41) is 18.7. The summed E-state index contributed by atoms with van der Waals surface area (Å²) < 4.78 is 0. The number of aromatic nitrogens is 1. The van der Waals surface area contributed by atoms with E-state index in [9.17, 15) is 14.7 Å². The summed E-state index contributed by atoms with van der Waals surface area (Å²) in [5.41, 5.74) is 2.58. The highest BCUT2D eigenvalue weighted by Gasteiger charge is 2.18. The molecule has 6 nitrogen and oxygen atoms in total. The van der Waals surface area contributed by atoms with Gasteiger partial charge in [-0.1, -0.05) is 19.1 Å². The first-order valence-corrected chi connectivity index (χ1v) is 8.52. The quantitative estimate of drug-likeness (QED) is 0.792. The number of hydrogen-bond donors (Lipinski definition) is 3. The SMILES string of the molecule is CCc1cc(C(=O)O)c(=O)[nH]c1-c1ccc(N2CCC(O)CC2)cc1. The predicted octanol–water partition coefficient (Wildman–Crippen LogP) is 2.26. The Morgan fingerprint density at radius 2 is 1.88 bits per heavy atom. The van der Waals surface area contributed by atoms with Crippen LogP contribution in [0.3, 0.4) is 0 Å². The van der Waals surface area contributed by atoms with Crippen LogP contribution in [0.25, 0.3) is 11.3 Å². The fraction of sp³-hybridized carbons (Fsp3) is 0.368. The number of nitrogens with zero attached hydrogens (tertiary/aromatic N) is 1. The van der Waals surface area contributed by atoms with E-state index < -0.39 is 11.5 Å². The Balaban J connectivity index is 1.91. The smallest absolute Gasteiger partial charge is 0.341 e. The number of pyridine rings is 1. The van der Waals surface area contributed by atoms with Crippen molar-refractivity contribution in [3.05, 3.63) is 51.8 Å². The standard InChI is InChI=1S/C19H22N2O4/c1-2-12-11-16(19(24)25)18(23)20-17(12)13-3-5-14(6-4-13)21-9-7-15(22)8-10-21/h3-6,11,15,22H,2,7-10H2,1H3,(H,20,23)(H,24,25). The molecule has 0 bridgehead atoms. The number of benzene rings is 1. The van der Waals surface area contributed by atoms with Crippen LogP contribution in [0.4, 0.5) is 5.69 Å². The first-order valence-electron chi connectivity index (χ1n) is 8.52. The maximum absolute atomic E-state index is 12.0. The van der Waals surface area contributed by atoms with Crippen LogP contribution in [-0.2, 0) is 6.42 Å². The number of carboxylic acids is 1. The van der Waals surface area contributed by atoms with Crippen molar-refractivity contribution in [2.75, 3.05) is 18.0 Å². The lowest BCUT2D eigenvalue weighted by Gasteiger charge is -2.31. The van der Waals surface area contributed by atoms with Gasteiger partial charge in [-0.3, -0.25) is 4.79 Å². The lowest BCUT2D eigenvalue weighted by molar-refractivity contribution is 0.0695. The van der Waals surface area contributed by atoms with Gasteiger partial charge < -0.3 is 20.1 Å². The highest BCUT2D eigenvalue weighted by atomic mass is 16.4. The third kappa shape index (κ3) is 3.58. The zero-order chi connectivity index (χ0) is 18.0. The lowest BCUT2D eigenvalue weighted by Crippen LogP contribution is -2.35. The Bertz CT molecular complexity index is 818. The Labute approximate surface area is 145 Å². The molecule has 3 N–H and O–H groups in total. The van der Waals surface area contributed by atoms with Gasteiger partial charge in [-0.25, -0.2) is 4.79 Å². The number of aromatic amines is 1. The molecule has 0 amide bonds. The normalized spacial score (nSPS) is 15.4. The summed E-state index contributed by atoms with van der Waals surface area (Å²) in [6, 6.07) is 9.32. The van der Waals surface area contributed by atoms with E-state index in [0.29, 0.717) is 12.1 Å². The number of hydrogen-bond acceptors (Lipinski definition) is 4. The first-order chi connectivity index (χ1) is 12.0. The molecule has 0 atom stereocenters. The van der Waals surface area contributed by atoms with Gasteiger partial charge >= 0.3 is 5.97 Å². The van der Waals surface area contributed by atoms with Crippen LogP contribution in [-0.4, -0.2) is 40.4 Å². The van der Waals surface area contributed by atoms with Crippen molar-refractivity contribution in [3.63, 3.8) is 0 Å². The van der Waals surface area contributed by atoms with Crippen LogP contribution >= 0.6 is 0 Å². The highest BCUT2D eigenvalue weighted by molar-refractivity contribution is 5.88. The first kappa shape index (κ1) is 17.2. The van der Waals surface area contributed by atoms with Gasteiger partial charge in [0, 0.05) is 18.8 Å². The van der Waals surface area contributed by atoms with Gasteiger partial charge in [-0.2, -0.15) is 0 Å². The summed E-state index contributed by atoms with van der Waals surface area (Å²) in [4.78, 5) is 28.1. The molecule has 0 aliphatic carbocycles. The van der Waals surface area contributed by atoms with Gasteiger partial charge in [0.15, 0.2) is 0 Å². The number of aromatic carboxylic acids is 1. The zero-order valence-electron chi connectivity index (χ0n) is 14.2. The van der Waals surface area contributed by atoms with Gasteiger partial charge in [0.05, 0.1) is 11.8 Å². The topological polar surface area (TPSA) is 93.6 Å². The predicted molar refractivity (Wildman–Crippen MR) is 96.3 cm³/mol. The molecule has 25 heavy (non-hydrogen) atoms. The fourth-order valence-electron chi connectivity index (χ4n) is 3.23. The van der Waals surface area contributed by atoms with E-state index in [0.717, 1.165) is 42.7 Å². The molecular weight excluding hydrogens is 320 g/mol. The summed E-state index contributed by atoms with van der Waals surface area (Å²) in [7, 11) is 0. The number of nitrogens with one attached hydrogen (secondary N) is 1. The molecule has 0 saturated carbocycles. The van der Waals surface area contributed by atoms with E-state index in [1.54, 1.807) is 0 Å². The Morgan fingerprint density at radius 1 is 1.24 bits per heavy atom. The number of aliphatic hydroxyl groups is 1. The number of H-pyrrole nitrogens is 1. The Hall–Kier alpha value is -2.60. The van der Waals surface area contributed by atoms with Crippen LogP contribution < -0.4 is 10.5 Å². The molecule has 132 valence electrons. The van der Waals surface area contributed by atoms with E-state index in [4.69, 9.17) is 5.11 Å². The third-order valence-corrected chi connectivity index (χ3v) is 4.72. The van der Waals surface area contributed by atoms with Crippen LogP contribution in [0, 0.1) is 0 Å². The summed E-state index contributed by atoms with van der Waals surface area (Å²) in [6.45, 7) is 3.58. The number of carboxylic acid groups (broad SMARTS) is 1. The molecule has 1 aromatic carbocycles. The van der Waals surface area contributed by atoms with E-state index in [2.05, 4.69) is 9.88 Å². The molecule has 2 aromatic rings.